The molecule has 0 radical (unpaired) electrons. The standard InChI is InChI=1S/C17H19Cl2N3O5/c1-17(2)15(25)22(16(26)21-17)8-14(24)27-9-13(23)20-6-5-10-3-4-11(18)7-12(10)19/h3-4,7H,5-6,8-9H2,1-2H3,(H,20,23)(H,21,26). The second-order valence-electron chi connectivity index (χ2n) is 6.44. The zero-order chi connectivity index (χ0) is 20.2. The molecule has 1 aromatic rings. The third kappa shape index (κ3) is 5.58. The van der Waals surface area contributed by atoms with Gasteiger partial charge in [-0.1, -0.05) is 29.3 Å². The van der Waals surface area contributed by atoms with E-state index < -0.39 is 42.5 Å². The van der Waals surface area contributed by atoms with Crippen molar-refractivity contribution < 1.29 is 23.9 Å². The van der Waals surface area contributed by atoms with Crippen LogP contribution in [-0.4, -0.2) is 54.0 Å². The van der Waals surface area contributed by atoms with Crippen molar-refractivity contribution >= 4 is 47.0 Å². The quantitative estimate of drug-likeness (QED) is 0.518. The molecule has 1 aliphatic rings. The van der Waals surface area contributed by atoms with Gasteiger partial charge in [0.25, 0.3) is 11.8 Å². The molecule has 2 N–H and O–H groups in total. The van der Waals surface area contributed by atoms with Crippen LogP contribution < -0.4 is 10.6 Å². The molecule has 1 saturated heterocycles. The molecule has 146 valence electrons. The second-order valence-corrected chi connectivity index (χ2v) is 7.29. The number of carbonyl (C=O) groups excluding carboxylic acids is 4. The van der Waals surface area contributed by atoms with Crippen LogP contribution in [-0.2, 0) is 25.5 Å². The predicted molar refractivity (Wildman–Crippen MR) is 98.5 cm³/mol. The summed E-state index contributed by atoms with van der Waals surface area (Å²) in [6.45, 7) is 2.28. The van der Waals surface area contributed by atoms with Crippen LogP contribution in [0.2, 0.25) is 10.0 Å². The van der Waals surface area contributed by atoms with Gasteiger partial charge in [-0.3, -0.25) is 19.3 Å². The van der Waals surface area contributed by atoms with E-state index in [1.54, 1.807) is 18.2 Å². The highest BCUT2D eigenvalue weighted by molar-refractivity contribution is 6.35. The van der Waals surface area contributed by atoms with Crippen molar-refractivity contribution in [1.82, 2.24) is 15.5 Å². The van der Waals surface area contributed by atoms with E-state index >= 15 is 0 Å². The number of urea groups is 1. The molecular formula is C17H19Cl2N3O5. The van der Waals surface area contributed by atoms with E-state index in [0.29, 0.717) is 23.0 Å². The molecule has 0 unspecified atom stereocenters. The fraction of sp³-hybridized carbons (Fsp3) is 0.412. The van der Waals surface area contributed by atoms with Gasteiger partial charge in [-0.25, -0.2) is 4.79 Å². The average Bonchev–Trinajstić information content (AvgIpc) is 2.77. The van der Waals surface area contributed by atoms with E-state index in [0.717, 1.165) is 10.5 Å². The second kappa shape index (κ2) is 8.58. The normalized spacial score (nSPS) is 15.5. The number of esters is 1. The number of nitrogens with zero attached hydrogens (tertiary/aromatic N) is 1. The molecule has 0 spiro atoms. The number of hydrogen-bond acceptors (Lipinski definition) is 5. The summed E-state index contributed by atoms with van der Waals surface area (Å²) in [6.07, 6.45) is 0.479. The summed E-state index contributed by atoms with van der Waals surface area (Å²) >= 11 is 11.9. The molecule has 10 heteroatoms. The van der Waals surface area contributed by atoms with Gasteiger partial charge >= 0.3 is 12.0 Å². The summed E-state index contributed by atoms with van der Waals surface area (Å²) in [4.78, 5) is 47.9. The number of amides is 4. The van der Waals surface area contributed by atoms with E-state index in [1.165, 1.54) is 13.8 Å². The number of benzene rings is 1. The summed E-state index contributed by atoms with van der Waals surface area (Å²) in [6, 6.07) is 4.39. The molecule has 0 saturated carbocycles. The van der Waals surface area contributed by atoms with E-state index in [1.807, 2.05) is 0 Å². The first-order valence-corrected chi connectivity index (χ1v) is 8.86. The zero-order valence-electron chi connectivity index (χ0n) is 14.8. The maximum absolute atomic E-state index is 12.0. The van der Waals surface area contributed by atoms with Crippen LogP contribution in [0.25, 0.3) is 0 Å². The number of rotatable bonds is 7. The number of hydrogen-bond donors (Lipinski definition) is 2. The monoisotopic (exact) mass is 415 g/mol. The zero-order valence-corrected chi connectivity index (χ0v) is 16.3. The molecule has 2 rings (SSSR count). The van der Waals surface area contributed by atoms with E-state index in [9.17, 15) is 19.2 Å². The van der Waals surface area contributed by atoms with Crippen LogP contribution in [0.4, 0.5) is 4.79 Å². The van der Waals surface area contributed by atoms with Crippen molar-refractivity contribution in [3.63, 3.8) is 0 Å². The maximum atomic E-state index is 12.0. The minimum absolute atomic E-state index is 0.291. The minimum atomic E-state index is -1.07. The molecule has 0 atom stereocenters. The van der Waals surface area contributed by atoms with Crippen LogP contribution in [0.15, 0.2) is 18.2 Å². The molecule has 4 amide bonds. The Hall–Kier alpha value is -2.32. The van der Waals surface area contributed by atoms with Gasteiger partial charge < -0.3 is 15.4 Å². The molecule has 0 bridgehead atoms. The average molecular weight is 416 g/mol. The topological polar surface area (TPSA) is 105 Å². The summed E-state index contributed by atoms with van der Waals surface area (Å²) in [7, 11) is 0. The van der Waals surface area contributed by atoms with Gasteiger partial charge in [0.15, 0.2) is 6.61 Å². The van der Waals surface area contributed by atoms with E-state index in [4.69, 9.17) is 27.9 Å². The van der Waals surface area contributed by atoms with Crippen molar-refractivity contribution in [3.8, 4) is 0 Å². The van der Waals surface area contributed by atoms with Crippen LogP contribution in [0, 0.1) is 0 Å². The molecule has 1 heterocycles. The van der Waals surface area contributed by atoms with Gasteiger partial charge in [-0.05, 0) is 38.0 Å². The van der Waals surface area contributed by atoms with Gasteiger partial charge in [-0.2, -0.15) is 0 Å². The molecular weight excluding hydrogens is 397 g/mol. The van der Waals surface area contributed by atoms with E-state index in [2.05, 4.69) is 10.6 Å². The van der Waals surface area contributed by atoms with Gasteiger partial charge in [0.1, 0.15) is 12.1 Å². The van der Waals surface area contributed by atoms with E-state index in [-0.39, 0.29) is 0 Å². The predicted octanol–water partition coefficient (Wildman–Crippen LogP) is 1.53. The number of imide groups is 1. The van der Waals surface area contributed by atoms with Crippen LogP contribution in [0.1, 0.15) is 19.4 Å². The van der Waals surface area contributed by atoms with Crippen molar-refractivity contribution in [2.24, 2.45) is 0 Å². The van der Waals surface area contributed by atoms with Crippen molar-refractivity contribution in [2.75, 3.05) is 19.7 Å². The van der Waals surface area contributed by atoms with Gasteiger partial charge in [0.05, 0.1) is 0 Å². The number of halogens is 2. The molecule has 0 aromatic heterocycles. The Labute approximate surface area is 166 Å². The largest absolute Gasteiger partial charge is 0.454 e. The third-order valence-corrected chi connectivity index (χ3v) is 4.41. The van der Waals surface area contributed by atoms with Crippen LogP contribution in [0.5, 0.6) is 0 Å². The lowest BCUT2D eigenvalue weighted by Crippen LogP contribution is -2.41. The smallest absolute Gasteiger partial charge is 0.326 e. The van der Waals surface area contributed by atoms with Crippen molar-refractivity contribution in [3.05, 3.63) is 33.8 Å². The first-order valence-electron chi connectivity index (χ1n) is 8.10. The highest BCUT2D eigenvalue weighted by atomic mass is 35.5. The van der Waals surface area contributed by atoms with Crippen LogP contribution in [0.3, 0.4) is 0 Å². The minimum Gasteiger partial charge on any atom is -0.454 e. The molecule has 1 aliphatic heterocycles. The highest BCUT2D eigenvalue weighted by Gasteiger charge is 2.45. The Morgan fingerprint density at radius 1 is 1.26 bits per heavy atom. The molecule has 27 heavy (non-hydrogen) atoms. The van der Waals surface area contributed by atoms with Crippen LogP contribution >= 0.6 is 23.2 Å². The fourth-order valence-electron chi connectivity index (χ4n) is 2.39. The summed E-state index contributed by atoms with van der Waals surface area (Å²) in [5.41, 5.74) is -0.253. The summed E-state index contributed by atoms with van der Waals surface area (Å²) < 4.78 is 4.80. The lowest BCUT2D eigenvalue weighted by atomic mass is 10.1. The Morgan fingerprint density at radius 2 is 1.96 bits per heavy atom. The van der Waals surface area contributed by atoms with Gasteiger partial charge in [0, 0.05) is 16.6 Å². The van der Waals surface area contributed by atoms with Crippen molar-refractivity contribution in [1.29, 1.82) is 0 Å². The van der Waals surface area contributed by atoms with Gasteiger partial charge in [-0.15, -0.1) is 0 Å². The number of nitrogens with one attached hydrogen (secondary N) is 2. The Balaban J connectivity index is 1.71. The Morgan fingerprint density at radius 3 is 2.56 bits per heavy atom. The van der Waals surface area contributed by atoms with Crippen molar-refractivity contribution in [2.45, 2.75) is 25.8 Å². The Bertz CT molecular complexity index is 782. The van der Waals surface area contributed by atoms with Gasteiger partial charge in [0.2, 0.25) is 0 Å². The molecule has 1 aromatic carbocycles. The lowest BCUT2D eigenvalue weighted by molar-refractivity contribution is -0.151. The SMILES string of the molecule is CC1(C)NC(=O)N(CC(=O)OCC(=O)NCCc2ccc(Cl)cc2Cl)C1=O. The molecule has 1 fully saturated rings. The Kier molecular flexibility index (Phi) is 6.67. The highest BCUT2D eigenvalue weighted by Crippen LogP contribution is 2.21. The third-order valence-electron chi connectivity index (χ3n) is 3.83. The summed E-state index contributed by atoms with van der Waals surface area (Å²) in [5, 5.41) is 6.05. The molecule has 8 nitrogen and oxygen atoms in total. The number of carbonyl (C=O) groups is 4. The maximum Gasteiger partial charge on any atom is 0.326 e. The fourth-order valence-corrected chi connectivity index (χ4v) is 2.90. The first-order chi connectivity index (χ1) is 12.6. The summed E-state index contributed by atoms with van der Waals surface area (Å²) in [5.74, 6) is -1.90. The number of ether oxygens (including phenoxy) is 1. The lowest BCUT2D eigenvalue weighted by Gasteiger charge is -2.15. The molecule has 0 aliphatic carbocycles. The first kappa shape index (κ1) is 21.0.